The van der Waals surface area contributed by atoms with E-state index in [0.717, 1.165) is 11.1 Å². The van der Waals surface area contributed by atoms with Gasteiger partial charge in [-0.2, -0.15) is 0 Å². The molecule has 1 unspecified atom stereocenters. The molecule has 0 aromatic heterocycles. The third-order valence-electron chi connectivity index (χ3n) is 3.12. The van der Waals surface area contributed by atoms with E-state index in [1.165, 1.54) is 0 Å². The molecule has 1 fully saturated rings. The topological polar surface area (TPSA) is 60.2 Å². The Morgan fingerprint density at radius 2 is 1.82 bits per heavy atom. The van der Waals surface area contributed by atoms with Crippen LogP contribution in [-0.2, 0) is 22.8 Å². The zero-order valence-corrected chi connectivity index (χ0v) is 10.3. The molecular formula is C12H16FNO2S. The average Bonchev–Trinajstić information content (AvgIpc) is 2.54. The number of rotatable bonds is 3. The zero-order valence-electron chi connectivity index (χ0n) is 9.52. The Kier molecular flexibility index (Phi) is 3.23. The van der Waals surface area contributed by atoms with Crippen LogP contribution in [0, 0.1) is 0 Å². The lowest BCUT2D eigenvalue weighted by Gasteiger charge is -2.17. The van der Waals surface area contributed by atoms with Crippen molar-refractivity contribution in [2.75, 3.05) is 11.5 Å². The Balaban J connectivity index is 2.10. The van der Waals surface area contributed by atoms with Crippen LogP contribution in [0.4, 0.5) is 4.39 Å². The Bertz CT molecular complexity index is 498. The molecule has 0 amide bonds. The molecule has 0 saturated carbocycles. The minimum absolute atomic E-state index is 0.0373. The van der Waals surface area contributed by atoms with E-state index in [-0.39, 0.29) is 24.3 Å². The van der Waals surface area contributed by atoms with Gasteiger partial charge in [-0.1, -0.05) is 24.3 Å². The van der Waals surface area contributed by atoms with Gasteiger partial charge in [-0.15, -0.1) is 0 Å². The van der Waals surface area contributed by atoms with Crippen LogP contribution in [0.25, 0.3) is 0 Å². The molecule has 1 aromatic carbocycles. The zero-order chi connectivity index (χ0) is 12.5. The molecule has 94 valence electrons. The van der Waals surface area contributed by atoms with Crippen molar-refractivity contribution in [3.63, 3.8) is 0 Å². The molecule has 3 nitrogen and oxygen atoms in total. The average molecular weight is 257 g/mol. The van der Waals surface area contributed by atoms with Gasteiger partial charge in [0.25, 0.3) is 0 Å². The summed E-state index contributed by atoms with van der Waals surface area (Å²) < 4.78 is 36.8. The Morgan fingerprint density at radius 1 is 1.24 bits per heavy atom. The molecule has 2 rings (SSSR count). The van der Waals surface area contributed by atoms with Crippen LogP contribution in [0.1, 0.15) is 17.5 Å². The summed E-state index contributed by atoms with van der Waals surface area (Å²) in [6.07, 6.45) is 0.269. The van der Waals surface area contributed by atoms with Crippen molar-refractivity contribution < 1.29 is 12.8 Å². The molecule has 0 spiro atoms. The second-order valence-electron chi connectivity index (χ2n) is 4.69. The number of nitrogens with two attached hydrogens (primary N) is 1. The summed E-state index contributed by atoms with van der Waals surface area (Å²) >= 11 is 0. The minimum Gasteiger partial charge on any atom is -0.326 e. The Morgan fingerprint density at radius 3 is 2.29 bits per heavy atom. The fraction of sp³-hybridized carbons (Fsp3) is 0.500. The maximum Gasteiger partial charge on any atom is 0.153 e. The van der Waals surface area contributed by atoms with Crippen molar-refractivity contribution in [1.29, 1.82) is 0 Å². The fourth-order valence-electron chi connectivity index (χ4n) is 2.18. The standard InChI is InChI=1S/C12H16FNO2S/c13-12(5-6-17(15,16)9-12)7-10-1-3-11(8-14)4-2-10/h1-4H,5-9,14H2. The van der Waals surface area contributed by atoms with Gasteiger partial charge < -0.3 is 5.73 Å². The first kappa shape index (κ1) is 12.5. The molecule has 1 atom stereocenters. The van der Waals surface area contributed by atoms with E-state index in [4.69, 9.17) is 5.73 Å². The van der Waals surface area contributed by atoms with Crippen LogP contribution in [0.2, 0.25) is 0 Å². The van der Waals surface area contributed by atoms with Crippen LogP contribution >= 0.6 is 0 Å². The SMILES string of the molecule is NCc1ccc(CC2(F)CCS(=O)(=O)C2)cc1. The predicted molar refractivity (Wildman–Crippen MR) is 65.1 cm³/mol. The van der Waals surface area contributed by atoms with Crippen molar-refractivity contribution in [2.24, 2.45) is 5.73 Å². The van der Waals surface area contributed by atoms with Gasteiger partial charge in [0.2, 0.25) is 0 Å². The van der Waals surface area contributed by atoms with Gasteiger partial charge >= 0.3 is 0 Å². The fourth-order valence-corrected chi connectivity index (χ4v) is 4.03. The molecule has 0 aliphatic carbocycles. The summed E-state index contributed by atoms with van der Waals surface area (Å²) in [5.74, 6) is -0.386. The van der Waals surface area contributed by atoms with Gasteiger partial charge in [-0.05, 0) is 17.5 Å². The van der Waals surface area contributed by atoms with Crippen molar-refractivity contribution >= 4 is 9.84 Å². The Labute approximate surface area is 101 Å². The summed E-state index contributed by atoms with van der Waals surface area (Å²) in [6.45, 7) is 0.454. The quantitative estimate of drug-likeness (QED) is 0.885. The second kappa shape index (κ2) is 4.38. The lowest BCUT2D eigenvalue weighted by molar-refractivity contribution is 0.198. The molecule has 1 heterocycles. The van der Waals surface area contributed by atoms with Crippen molar-refractivity contribution in [3.8, 4) is 0 Å². The van der Waals surface area contributed by atoms with E-state index in [2.05, 4.69) is 0 Å². The van der Waals surface area contributed by atoms with E-state index >= 15 is 0 Å². The maximum atomic E-state index is 14.3. The third-order valence-corrected chi connectivity index (χ3v) is 4.90. The molecule has 17 heavy (non-hydrogen) atoms. The lowest BCUT2D eigenvalue weighted by atomic mass is 9.95. The summed E-state index contributed by atoms with van der Waals surface area (Å²) in [4.78, 5) is 0. The monoisotopic (exact) mass is 257 g/mol. The highest BCUT2D eigenvalue weighted by molar-refractivity contribution is 7.91. The molecule has 1 aliphatic heterocycles. The number of hydrogen-bond acceptors (Lipinski definition) is 3. The smallest absolute Gasteiger partial charge is 0.153 e. The van der Waals surface area contributed by atoms with E-state index in [1.807, 2.05) is 24.3 Å². The molecule has 1 aromatic rings. The minimum atomic E-state index is -3.18. The second-order valence-corrected chi connectivity index (χ2v) is 6.87. The van der Waals surface area contributed by atoms with Gasteiger partial charge in [-0.3, -0.25) is 0 Å². The largest absolute Gasteiger partial charge is 0.326 e. The van der Waals surface area contributed by atoms with Crippen LogP contribution in [-0.4, -0.2) is 25.6 Å². The van der Waals surface area contributed by atoms with Gasteiger partial charge in [0.15, 0.2) is 9.84 Å². The van der Waals surface area contributed by atoms with Crippen LogP contribution in [0.5, 0.6) is 0 Å². The van der Waals surface area contributed by atoms with Gasteiger partial charge in [0, 0.05) is 13.0 Å². The summed E-state index contributed by atoms with van der Waals surface area (Å²) in [6, 6.07) is 7.33. The van der Waals surface area contributed by atoms with Gasteiger partial charge in [0.05, 0.1) is 11.5 Å². The molecule has 0 radical (unpaired) electrons. The first-order valence-electron chi connectivity index (χ1n) is 5.60. The van der Waals surface area contributed by atoms with Crippen molar-refractivity contribution in [1.82, 2.24) is 0 Å². The number of sulfone groups is 1. The van der Waals surface area contributed by atoms with Crippen LogP contribution < -0.4 is 5.73 Å². The van der Waals surface area contributed by atoms with E-state index in [1.54, 1.807) is 0 Å². The van der Waals surface area contributed by atoms with Gasteiger partial charge in [-0.25, -0.2) is 12.8 Å². The highest BCUT2D eigenvalue weighted by atomic mass is 32.2. The van der Waals surface area contributed by atoms with E-state index in [9.17, 15) is 12.8 Å². The summed E-state index contributed by atoms with van der Waals surface area (Å²) in [5.41, 5.74) is 5.69. The molecule has 5 heteroatoms. The van der Waals surface area contributed by atoms with Crippen LogP contribution in [0.3, 0.4) is 0 Å². The highest BCUT2D eigenvalue weighted by Crippen LogP contribution is 2.31. The molecule has 2 N–H and O–H groups in total. The van der Waals surface area contributed by atoms with Crippen LogP contribution in [0.15, 0.2) is 24.3 Å². The lowest BCUT2D eigenvalue weighted by Crippen LogP contribution is -2.27. The first-order chi connectivity index (χ1) is 7.92. The molecule has 1 saturated heterocycles. The van der Waals surface area contributed by atoms with Crippen molar-refractivity contribution in [3.05, 3.63) is 35.4 Å². The third kappa shape index (κ3) is 3.04. The number of benzene rings is 1. The normalized spacial score (nSPS) is 27.2. The first-order valence-corrected chi connectivity index (χ1v) is 7.42. The predicted octanol–water partition coefficient (Wildman–Crippen LogP) is 1.21. The Hall–Kier alpha value is -0.940. The maximum absolute atomic E-state index is 14.3. The van der Waals surface area contributed by atoms with E-state index in [0.29, 0.717) is 6.54 Å². The highest BCUT2D eigenvalue weighted by Gasteiger charge is 2.42. The molecular weight excluding hydrogens is 241 g/mol. The summed E-state index contributed by atoms with van der Waals surface area (Å²) in [5, 5.41) is 0. The summed E-state index contributed by atoms with van der Waals surface area (Å²) in [7, 11) is -3.18. The number of halogens is 1. The molecule has 0 bridgehead atoms. The number of alkyl halides is 1. The van der Waals surface area contributed by atoms with Gasteiger partial charge in [0.1, 0.15) is 5.67 Å². The molecule has 1 aliphatic rings. The number of hydrogen-bond donors (Lipinski definition) is 1. The van der Waals surface area contributed by atoms with E-state index < -0.39 is 15.5 Å². The van der Waals surface area contributed by atoms with Crippen molar-refractivity contribution in [2.45, 2.75) is 25.1 Å².